The Bertz CT molecular complexity index is 2210. The molecule has 0 bridgehead atoms. The van der Waals surface area contributed by atoms with Crippen LogP contribution in [-0.4, -0.2) is 31.1 Å². The van der Waals surface area contributed by atoms with Crippen molar-refractivity contribution in [2.75, 3.05) is 26.0 Å². The molecule has 0 atom stereocenters. The summed E-state index contributed by atoms with van der Waals surface area (Å²) in [5.41, 5.74) is 16.4. The van der Waals surface area contributed by atoms with Crippen LogP contribution >= 0.6 is 0 Å². The first-order valence-electron chi connectivity index (χ1n) is 17.6. The summed E-state index contributed by atoms with van der Waals surface area (Å²) in [6, 6.07) is 29.5. The number of anilines is 1. The minimum Gasteiger partial charge on any atom is -0.378 e. The minimum absolute atomic E-state index is 0. The zero-order valence-electron chi connectivity index (χ0n) is 32.6. The molecule has 0 aliphatic carbocycles. The third-order valence-corrected chi connectivity index (χ3v) is 9.21. The molecule has 4 aromatic carbocycles. The number of halogens is 3. The van der Waals surface area contributed by atoms with Gasteiger partial charge in [0.1, 0.15) is 0 Å². The fourth-order valence-electron chi connectivity index (χ4n) is 7.05. The fraction of sp³-hybridized carbons (Fsp3) is 0.261. The third kappa shape index (κ3) is 9.74. The van der Waals surface area contributed by atoms with E-state index < -0.39 is 11.7 Å². The van der Waals surface area contributed by atoms with E-state index in [0.717, 1.165) is 56.4 Å². The Balaban J connectivity index is 0.000000238. The molecule has 2 aromatic heterocycles. The summed E-state index contributed by atoms with van der Waals surface area (Å²) in [5, 5.41) is 3.05. The molecule has 0 fully saturated rings. The van der Waals surface area contributed by atoms with Crippen molar-refractivity contribution in [2.45, 2.75) is 61.2 Å². The predicted molar refractivity (Wildman–Crippen MR) is 213 cm³/mol. The number of alkyl halides is 3. The molecule has 0 unspecified atom stereocenters. The van der Waals surface area contributed by atoms with Crippen LogP contribution in [0.25, 0.3) is 44.8 Å². The smallest absolute Gasteiger partial charge is 0.378 e. The van der Waals surface area contributed by atoms with Crippen molar-refractivity contribution in [3.8, 4) is 44.8 Å². The molecule has 1 N–H and O–H groups in total. The van der Waals surface area contributed by atoms with Crippen LogP contribution in [0.1, 0.15) is 50.1 Å². The first-order valence-corrected chi connectivity index (χ1v) is 17.6. The van der Waals surface area contributed by atoms with E-state index >= 15 is 0 Å². The van der Waals surface area contributed by atoms with Gasteiger partial charge in [0.25, 0.3) is 0 Å². The van der Waals surface area contributed by atoms with Gasteiger partial charge >= 0.3 is 27.2 Å². The number of hydrogen-bond donors (Lipinski definition) is 1. The van der Waals surface area contributed by atoms with Gasteiger partial charge < -0.3 is 20.2 Å². The van der Waals surface area contributed by atoms with E-state index in [1.54, 1.807) is 6.20 Å². The van der Waals surface area contributed by atoms with Crippen molar-refractivity contribution in [3.63, 3.8) is 0 Å². The number of benzene rings is 4. The summed E-state index contributed by atoms with van der Waals surface area (Å²) in [6.07, 6.45) is -0.971. The molecule has 0 aliphatic heterocycles. The van der Waals surface area contributed by atoms with E-state index in [1.807, 2.05) is 78.4 Å². The van der Waals surface area contributed by atoms with Crippen molar-refractivity contribution in [1.29, 1.82) is 0 Å². The maximum atomic E-state index is 13.4. The number of hydrogen-bond acceptors (Lipinski definition) is 4. The Morgan fingerprint density at radius 1 is 0.630 bits per heavy atom. The molecular weight excluding hydrogens is 861 g/mol. The molecule has 282 valence electrons. The third-order valence-electron chi connectivity index (χ3n) is 9.21. The summed E-state index contributed by atoms with van der Waals surface area (Å²) in [6.45, 7) is 15.2. The van der Waals surface area contributed by atoms with E-state index in [4.69, 9.17) is 0 Å². The van der Waals surface area contributed by atoms with E-state index in [-0.39, 0.29) is 21.1 Å². The summed E-state index contributed by atoms with van der Waals surface area (Å²) in [7, 11) is 5.92. The molecule has 0 amide bonds. The molecule has 8 heteroatoms. The van der Waals surface area contributed by atoms with E-state index in [1.165, 1.54) is 33.9 Å². The number of aryl methyl sites for hydroxylation is 7. The minimum atomic E-state index is -4.47. The monoisotopic (exact) mass is 907 g/mol. The molecule has 0 spiro atoms. The maximum absolute atomic E-state index is 13.4. The normalized spacial score (nSPS) is 11.1. The Morgan fingerprint density at radius 3 is 1.61 bits per heavy atom. The zero-order chi connectivity index (χ0) is 38.6. The summed E-state index contributed by atoms with van der Waals surface area (Å²) in [5.74, 6) is 0. The number of rotatable bonds is 7. The molecule has 0 aliphatic rings. The molecule has 0 saturated carbocycles. The number of nitrogens with one attached hydrogen (secondary N) is 1. The Morgan fingerprint density at radius 2 is 1.11 bits per heavy atom. The second-order valence-corrected chi connectivity index (χ2v) is 14.0. The van der Waals surface area contributed by atoms with Gasteiger partial charge in [-0.1, -0.05) is 99.0 Å². The van der Waals surface area contributed by atoms with Crippen LogP contribution in [0, 0.1) is 60.6 Å². The average molecular weight is 908 g/mol. The largest absolute Gasteiger partial charge is 2.00 e. The van der Waals surface area contributed by atoms with Gasteiger partial charge in [0.05, 0.1) is 0 Å². The standard InChI is InChI=1S/C23H22F3N2.C23H25N2.Pt/c1-14-9-15(2)22(16(3)10-14)19-6-5-18(23(24,25)26)12-20(19)21-11-17(13-27-4)7-8-28-21;1-15-7-8-20(23-17(3)11-16(2)12-18(23)4)21(13-15)22-14-19(25(5)6)9-10-24-22;/h5-11,27H,13H2,1-4H3;7-12,14H,1-6H3;/q2*-1;+2. The van der Waals surface area contributed by atoms with Crippen molar-refractivity contribution < 1.29 is 34.2 Å². The van der Waals surface area contributed by atoms with Gasteiger partial charge in [-0.15, -0.1) is 53.1 Å². The van der Waals surface area contributed by atoms with Crippen LogP contribution in [0.5, 0.6) is 0 Å². The Hall–Kier alpha value is -4.58. The van der Waals surface area contributed by atoms with E-state index in [2.05, 4.69) is 90.3 Å². The molecule has 6 rings (SSSR count). The van der Waals surface area contributed by atoms with Crippen LogP contribution < -0.4 is 10.2 Å². The quantitative estimate of drug-likeness (QED) is 0.162. The van der Waals surface area contributed by atoms with Crippen LogP contribution in [-0.2, 0) is 33.8 Å². The SMILES string of the molecule is CNCc1ccnc(-c2[c-]c(C(F)(F)F)ccc2-c2c(C)cc(C)cc2C)c1.Cc1[c-]c(-c2cc(N(C)C)ccn2)c(-c2c(C)cc(C)cc2C)cc1.[Pt+2]. The van der Waals surface area contributed by atoms with Gasteiger partial charge in [-0.25, -0.2) is 0 Å². The van der Waals surface area contributed by atoms with Gasteiger partial charge in [0.2, 0.25) is 0 Å². The van der Waals surface area contributed by atoms with Crippen molar-refractivity contribution in [3.05, 3.63) is 147 Å². The number of aromatic nitrogens is 2. The van der Waals surface area contributed by atoms with Crippen molar-refractivity contribution >= 4 is 5.69 Å². The zero-order valence-corrected chi connectivity index (χ0v) is 34.9. The van der Waals surface area contributed by atoms with Gasteiger partial charge in [-0.2, -0.15) is 13.2 Å². The summed E-state index contributed by atoms with van der Waals surface area (Å²) >= 11 is 0. The number of pyridine rings is 2. The summed E-state index contributed by atoms with van der Waals surface area (Å²) in [4.78, 5) is 11.1. The molecule has 2 heterocycles. The van der Waals surface area contributed by atoms with Crippen LogP contribution in [0.2, 0.25) is 0 Å². The molecule has 4 nitrogen and oxygen atoms in total. The van der Waals surface area contributed by atoms with Gasteiger partial charge in [0.15, 0.2) is 0 Å². The van der Waals surface area contributed by atoms with Gasteiger partial charge in [0, 0.05) is 38.7 Å². The van der Waals surface area contributed by atoms with Gasteiger partial charge in [-0.3, -0.25) is 0 Å². The van der Waals surface area contributed by atoms with Crippen molar-refractivity contribution in [1.82, 2.24) is 15.3 Å². The summed E-state index contributed by atoms with van der Waals surface area (Å²) < 4.78 is 40.1. The first kappa shape index (κ1) is 42.2. The van der Waals surface area contributed by atoms with E-state index in [0.29, 0.717) is 23.4 Å². The molecule has 6 aromatic rings. The Kier molecular flexibility index (Phi) is 13.8. The molecule has 54 heavy (non-hydrogen) atoms. The maximum Gasteiger partial charge on any atom is 2.00 e. The van der Waals surface area contributed by atoms with Crippen LogP contribution in [0.3, 0.4) is 0 Å². The topological polar surface area (TPSA) is 41.1 Å². The molecule has 0 saturated heterocycles. The van der Waals surface area contributed by atoms with Crippen molar-refractivity contribution in [2.24, 2.45) is 0 Å². The van der Waals surface area contributed by atoms with Crippen LogP contribution in [0.4, 0.5) is 18.9 Å². The molecule has 0 radical (unpaired) electrons. The van der Waals surface area contributed by atoms with Crippen LogP contribution in [0.15, 0.2) is 85.2 Å². The fourth-order valence-corrected chi connectivity index (χ4v) is 7.05. The number of nitrogens with zero attached hydrogens (tertiary/aromatic N) is 3. The molecular formula is C46H47F3N4Pt. The second-order valence-electron chi connectivity index (χ2n) is 14.0. The second kappa shape index (κ2) is 17.7. The average Bonchev–Trinajstić information content (AvgIpc) is 3.08. The Labute approximate surface area is 333 Å². The predicted octanol–water partition coefficient (Wildman–Crippen LogP) is 11.4. The van der Waals surface area contributed by atoms with E-state index in [9.17, 15) is 13.2 Å². The van der Waals surface area contributed by atoms with Gasteiger partial charge in [-0.05, 0) is 83.2 Å². The first-order chi connectivity index (χ1) is 25.1.